The van der Waals surface area contributed by atoms with Gasteiger partial charge in [-0.1, -0.05) is 0 Å². The van der Waals surface area contributed by atoms with Crippen LogP contribution in [-0.4, -0.2) is 52.2 Å². The third-order valence-electron chi connectivity index (χ3n) is 4.52. The summed E-state index contributed by atoms with van der Waals surface area (Å²) >= 11 is 0. The summed E-state index contributed by atoms with van der Waals surface area (Å²) in [5, 5.41) is 3.57. The molecule has 0 aromatic rings. The van der Waals surface area contributed by atoms with Crippen molar-refractivity contribution in [2.45, 2.75) is 25.3 Å². The van der Waals surface area contributed by atoms with Crippen molar-refractivity contribution in [1.29, 1.82) is 0 Å². The predicted octanol–water partition coefficient (Wildman–Crippen LogP) is 0.808. The van der Waals surface area contributed by atoms with Crippen molar-refractivity contribution in [3.8, 4) is 0 Å². The molecule has 0 radical (unpaired) electrons. The van der Waals surface area contributed by atoms with Gasteiger partial charge in [0.05, 0.1) is 26.4 Å². The molecule has 0 bridgehead atoms. The van der Waals surface area contributed by atoms with Crippen LogP contribution in [0.25, 0.3) is 0 Å². The Balaban J connectivity index is 1.60. The Hall–Kier alpha value is -0.160. The van der Waals surface area contributed by atoms with Gasteiger partial charge in [-0.25, -0.2) is 0 Å². The number of ether oxygens (including phenoxy) is 3. The monoisotopic (exact) mass is 241 g/mol. The average molecular weight is 241 g/mol. The lowest BCUT2D eigenvalue weighted by atomic mass is 9.66. The van der Waals surface area contributed by atoms with Crippen LogP contribution in [0, 0.1) is 11.3 Å². The van der Waals surface area contributed by atoms with Crippen LogP contribution in [0.3, 0.4) is 0 Å². The first-order valence-electron chi connectivity index (χ1n) is 6.86. The molecule has 0 saturated carbocycles. The molecule has 4 nitrogen and oxygen atoms in total. The molecule has 0 spiro atoms. The first-order valence-corrected chi connectivity index (χ1v) is 6.86. The van der Waals surface area contributed by atoms with Gasteiger partial charge in [0.1, 0.15) is 0 Å². The minimum Gasteiger partial charge on any atom is -0.381 e. The highest BCUT2D eigenvalue weighted by Gasteiger charge is 2.47. The molecule has 3 rings (SSSR count). The molecular weight excluding hydrogens is 218 g/mol. The van der Waals surface area contributed by atoms with Crippen LogP contribution in [0.15, 0.2) is 0 Å². The van der Waals surface area contributed by atoms with Gasteiger partial charge in [-0.3, -0.25) is 0 Å². The van der Waals surface area contributed by atoms with Gasteiger partial charge in [-0.2, -0.15) is 0 Å². The second-order valence-corrected chi connectivity index (χ2v) is 5.67. The highest BCUT2D eigenvalue weighted by molar-refractivity contribution is 4.96. The third kappa shape index (κ3) is 2.50. The smallest absolute Gasteiger partial charge is 0.0620 e. The molecule has 1 unspecified atom stereocenters. The molecule has 98 valence electrons. The molecule has 3 fully saturated rings. The fourth-order valence-electron chi connectivity index (χ4n) is 3.44. The number of hydrogen-bond acceptors (Lipinski definition) is 4. The standard InChI is InChI=1S/C13H23NO3/c1-4-15-5-2-11(1)13(9-17-10-13)7-12-8-16-6-3-14-12/h11-12,14H,1-10H2. The van der Waals surface area contributed by atoms with Gasteiger partial charge in [0.25, 0.3) is 0 Å². The second-order valence-electron chi connectivity index (χ2n) is 5.67. The normalized spacial score (nSPS) is 34.2. The zero-order chi connectivity index (χ0) is 11.6. The highest BCUT2D eigenvalue weighted by Crippen LogP contribution is 2.44. The number of hydrogen-bond donors (Lipinski definition) is 1. The lowest BCUT2D eigenvalue weighted by Crippen LogP contribution is -2.55. The molecule has 3 saturated heterocycles. The maximum absolute atomic E-state index is 5.56. The molecule has 1 atom stereocenters. The molecule has 1 N–H and O–H groups in total. The lowest BCUT2D eigenvalue weighted by molar-refractivity contribution is -0.173. The van der Waals surface area contributed by atoms with Gasteiger partial charge in [-0.05, 0) is 25.2 Å². The van der Waals surface area contributed by atoms with Crippen LogP contribution < -0.4 is 5.32 Å². The van der Waals surface area contributed by atoms with E-state index < -0.39 is 0 Å². The van der Waals surface area contributed by atoms with Crippen LogP contribution >= 0.6 is 0 Å². The molecule has 0 aromatic carbocycles. The zero-order valence-electron chi connectivity index (χ0n) is 10.5. The summed E-state index contributed by atoms with van der Waals surface area (Å²) in [5.74, 6) is 0.786. The SMILES string of the molecule is C1COCC(CC2(C3CCOCC3)COC2)N1. The van der Waals surface area contributed by atoms with Crippen molar-refractivity contribution >= 4 is 0 Å². The van der Waals surface area contributed by atoms with E-state index in [1.807, 2.05) is 0 Å². The molecule has 3 heterocycles. The fraction of sp³-hybridized carbons (Fsp3) is 1.00. The van der Waals surface area contributed by atoms with Crippen molar-refractivity contribution in [2.75, 3.05) is 46.2 Å². The van der Waals surface area contributed by atoms with E-state index in [0.29, 0.717) is 11.5 Å². The number of morpholine rings is 1. The van der Waals surface area contributed by atoms with Gasteiger partial charge < -0.3 is 19.5 Å². The fourth-order valence-corrected chi connectivity index (χ4v) is 3.44. The first-order chi connectivity index (χ1) is 8.39. The van der Waals surface area contributed by atoms with Gasteiger partial charge >= 0.3 is 0 Å². The summed E-state index contributed by atoms with van der Waals surface area (Å²) in [6.07, 6.45) is 3.62. The van der Waals surface area contributed by atoms with Crippen LogP contribution in [0.2, 0.25) is 0 Å². The summed E-state index contributed by atoms with van der Waals surface area (Å²) in [6, 6.07) is 0.524. The van der Waals surface area contributed by atoms with Gasteiger partial charge in [0.15, 0.2) is 0 Å². The Kier molecular flexibility index (Phi) is 3.66. The maximum atomic E-state index is 5.56. The second kappa shape index (κ2) is 5.22. The lowest BCUT2D eigenvalue weighted by Gasteiger charge is -2.50. The molecule has 17 heavy (non-hydrogen) atoms. The Morgan fingerprint density at radius 2 is 1.82 bits per heavy atom. The predicted molar refractivity (Wildman–Crippen MR) is 64.0 cm³/mol. The zero-order valence-corrected chi connectivity index (χ0v) is 10.5. The number of nitrogens with one attached hydrogen (secondary N) is 1. The molecule has 3 aliphatic rings. The van der Waals surface area contributed by atoms with Crippen LogP contribution in [0.5, 0.6) is 0 Å². The molecule has 0 aromatic heterocycles. The van der Waals surface area contributed by atoms with Crippen molar-refractivity contribution in [2.24, 2.45) is 11.3 Å². The Bertz CT molecular complexity index is 243. The van der Waals surface area contributed by atoms with E-state index >= 15 is 0 Å². The van der Waals surface area contributed by atoms with Crippen LogP contribution in [-0.2, 0) is 14.2 Å². The van der Waals surface area contributed by atoms with Gasteiger partial charge in [0.2, 0.25) is 0 Å². The van der Waals surface area contributed by atoms with E-state index in [2.05, 4.69) is 5.32 Å². The van der Waals surface area contributed by atoms with Crippen LogP contribution in [0.4, 0.5) is 0 Å². The minimum atomic E-state index is 0.405. The maximum Gasteiger partial charge on any atom is 0.0620 e. The van der Waals surface area contributed by atoms with Crippen LogP contribution in [0.1, 0.15) is 19.3 Å². The van der Waals surface area contributed by atoms with Crippen molar-refractivity contribution in [1.82, 2.24) is 5.32 Å². The van der Waals surface area contributed by atoms with E-state index in [9.17, 15) is 0 Å². The van der Waals surface area contributed by atoms with Gasteiger partial charge in [-0.15, -0.1) is 0 Å². The van der Waals surface area contributed by atoms with Gasteiger partial charge in [0, 0.05) is 31.2 Å². The van der Waals surface area contributed by atoms with Crippen molar-refractivity contribution in [3.63, 3.8) is 0 Å². The number of rotatable bonds is 3. The van der Waals surface area contributed by atoms with E-state index in [0.717, 1.165) is 52.1 Å². The Morgan fingerprint density at radius 3 is 2.41 bits per heavy atom. The quantitative estimate of drug-likeness (QED) is 0.793. The molecule has 3 aliphatic heterocycles. The summed E-state index contributed by atoms with van der Waals surface area (Å²) in [7, 11) is 0. The van der Waals surface area contributed by atoms with E-state index in [1.165, 1.54) is 19.3 Å². The van der Waals surface area contributed by atoms with Crippen molar-refractivity contribution in [3.05, 3.63) is 0 Å². The first kappa shape index (κ1) is 11.9. The molecular formula is C13H23NO3. The van der Waals surface area contributed by atoms with E-state index in [4.69, 9.17) is 14.2 Å². The summed E-state index contributed by atoms with van der Waals surface area (Å²) in [4.78, 5) is 0. The molecule has 4 heteroatoms. The van der Waals surface area contributed by atoms with E-state index in [-0.39, 0.29) is 0 Å². The largest absolute Gasteiger partial charge is 0.381 e. The van der Waals surface area contributed by atoms with E-state index in [1.54, 1.807) is 0 Å². The summed E-state index contributed by atoms with van der Waals surface area (Å²) in [5.41, 5.74) is 0.405. The summed E-state index contributed by atoms with van der Waals surface area (Å²) in [6.45, 7) is 6.46. The minimum absolute atomic E-state index is 0.405. The summed E-state index contributed by atoms with van der Waals surface area (Å²) < 4.78 is 16.6. The highest BCUT2D eigenvalue weighted by atomic mass is 16.5. The Labute approximate surface area is 103 Å². The molecule has 0 amide bonds. The Morgan fingerprint density at radius 1 is 1.00 bits per heavy atom. The topological polar surface area (TPSA) is 39.7 Å². The molecule has 0 aliphatic carbocycles. The average Bonchev–Trinajstić information content (AvgIpc) is 2.36. The van der Waals surface area contributed by atoms with Crippen molar-refractivity contribution < 1.29 is 14.2 Å². The third-order valence-corrected chi connectivity index (χ3v) is 4.52.